The van der Waals surface area contributed by atoms with Crippen molar-refractivity contribution in [3.05, 3.63) is 29.3 Å². The van der Waals surface area contributed by atoms with E-state index in [0.29, 0.717) is 23.3 Å². The molecule has 2 rings (SSSR count). The average molecular weight is 397 g/mol. The molecule has 0 saturated carbocycles. The summed E-state index contributed by atoms with van der Waals surface area (Å²) in [6.45, 7) is 7.13. The summed E-state index contributed by atoms with van der Waals surface area (Å²) in [6.07, 6.45) is 0.756. The molecular formula is C19H28N2O5S. The fourth-order valence-electron chi connectivity index (χ4n) is 3.26. The van der Waals surface area contributed by atoms with Crippen LogP contribution in [0.2, 0.25) is 0 Å². The summed E-state index contributed by atoms with van der Waals surface area (Å²) in [4.78, 5) is 25.6. The fourth-order valence-corrected chi connectivity index (χ4v) is 4.94. The highest BCUT2D eigenvalue weighted by atomic mass is 32.2. The van der Waals surface area contributed by atoms with Crippen LogP contribution in [0, 0.1) is 19.8 Å². The number of carbonyl (C=O) groups is 2. The standard InChI is InChI=1S/C19H28N2O5S/c1-13-6-7-16(14(2)12-13)27(25,26)21-10-8-15(9-11-21)17(22)20(5)19(3,4)18(23)24/h6-7,12,15H,8-11H2,1-5H3,(H,23,24). The number of aliphatic carboxylic acids is 1. The molecule has 1 aliphatic heterocycles. The first-order chi connectivity index (χ1) is 12.4. The average Bonchev–Trinajstić information content (AvgIpc) is 2.60. The lowest BCUT2D eigenvalue weighted by atomic mass is 9.94. The van der Waals surface area contributed by atoms with E-state index in [0.717, 1.165) is 5.56 Å². The maximum absolute atomic E-state index is 12.9. The maximum Gasteiger partial charge on any atom is 0.329 e. The van der Waals surface area contributed by atoms with Crippen molar-refractivity contribution in [3.63, 3.8) is 0 Å². The summed E-state index contributed by atoms with van der Waals surface area (Å²) < 4.78 is 27.3. The van der Waals surface area contributed by atoms with E-state index in [4.69, 9.17) is 0 Å². The SMILES string of the molecule is Cc1ccc(S(=O)(=O)N2CCC(C(=O)N(C)C(C)(C)C(=O)O)CC2)c(C)c1. The van der Waals surface area contributed by atoms with E-state index < -0.39 is 21.5 Å². The Hall–Kier alpha value is -1.93. The summed E-state index contributed by atoms with van der Waals surface area (Å²) >= 11 is 0. The number of likely N-dealkylation sites (N-methyl/N-ethyl adjacent to an activating group) is 1. The summed E-state index contributed by atoms with van der Waals surface area (Å²) in [6, 6.07) is 5.24. The second-order valence-electron chi connectivity index (χ2n) is 7.71. The zero-order chi connectivity index (χ0) is 20.6. The maximum atomic E-state index is 12.9. The number of hydrogen-bond donors (Lipinski definition) is 1. The highest BCUT2D eigenvalue weighted by Gasteiger charge is 2.40. The zero-order valence-corrected chi connectivity index (χ0v) is 17.3. The predicted molar refractivity (Wildman–Crippen MR) is 102 cm³/mol. The molecule has 8 heteroatoms. The van der Waals surface area contributed by atoms with E-state index in [2.05, 4.69) is 0 Å². The first kappa shape index (κ1) is 21.4. The van der Waals surface area contributed by atoms with Crippen molar-refractivity contribution in [2.75, 3.05) is 20.1 Å². The van der Waals surface area contributed by atoms with Crippen LogP contribution < -0.4 is 0 Å². The molecule has 1 N–H and O–H groups in total. The number of carbonyl (C=O) groups excluding carboxylic acids is 1. The van der Waals surface area contributed by atoms with Gasteiger partial charge in [0.2, 0.25) is 15.9 Å². The van der Waals surface area contributed by atoms with Gasteiger partial charge in [0.15, 0.2) is 0 Å². The molecule has 1 aliphatic rings. The van der Waals surface area contributed by atoms with E-state index in [9.17, 15) is 23.1 Å². The van der Waals surface area contributed by atoms with Crippen LogP contribution in [-0.4, -0.2) is 60.3 Å². The number of hydrogen-bond acceptors (Lipinski definition) is 4. The Bertz CT molecular complexity index is 840. The van der Waals surface area contributed by atoms with Crippen molar-refractivity contribution in [2.45, 2.75) is 51.0 Å². The van der Waals surface area contributed by atoms with Crippen LogP contribution in [0.15, 0.2) is 23.1 Å². The van der Waals surface area contributed by atoms with Crippen LogP contribution in [0.25, 0.3) is 0 Å². The van der Waals surface area contributed by atoms with Gasteiger partial charge in [-0.15, -0.1) is 0 Å². The summed E-state index contributed by atoms with van der Waals surface area (Å²) in [5.41, 5.74) is 0.398. The van der Waals surface area contributed by atoms with Gasteiger partial charge in [0.05, 0.1) is 4.90 Å². The molecule has 1 aromatic rings. The molecule has 0 aromatic heterocycles. The molecule has 0 unspecified atom stereocenters. The third-order valence-electron chi connectivity index (χ3n) is 5.44. The molecule has 150 valence electrons. The molecule has 7 nitrogen and oxygen atoms in total. The first-order valence-corrected chi connectivity index (χ1v) is 10.4. The van der Waals surface area contributed by atoms with Crippen LogP contribution in [0.5, 0.6) is 0 Å². The number of rotatable bonds is 5. The van der Waals surface area contributed by atoms with Gasteiger partial charge in [-0.3, -0.25) is 4.79 Å². The molecule has 0 bridgehead atoms. The van der Waals surface area contributed by atoms with E-state index >= 15 is 0 Å². The smallest absolute Gasteiger partial charge is 0.329 e. The van der Waals surface area contributed by atoms with E-state index in [1.807, 2.05) is 13.0 Å². The lowest BCUT2D eigenvalue weighted by molar-refractivity contribution is -0.157. The number of carboxylic acids is 1. The topological polar surface area (TPSA) is 95.0 Å². The van der Waals surface area contributed by atoms with Crippen molar-refractivity contribution in [1.29, 1.82) is 0 Å². The van der Waals surface area contributed by atoms with Crippen molar-refractivity contribution in [2.24, 2.45) is 5.92 Å². The van der Waals surface area contributed by atoms with Gasteiger partial charge in [-0.25, -0.2) is 13.2 Å². The van der Waals surface area contributed by atoms with E-state index in [-0.39, 0.29) is 24.9 Å². The van der Waals surface area contributed by atoms with Crippen LogP contribution >= 0.6 is 0 Å². The van der Waals surface area contributed by atoms with Crippen molar-refractivity contribution >= 4 is 21.9 Å². The van der Waals surface area contributed by atoms with Crippen molar-refractivity contribution in [1.82, 2.24) is 9.21 Å². The highest BCUT2D eigenvalue weighted by molar-refractivity contribution is 7.89. The number of aryl methyl sites for hydroxylation is 2. The number of benzene rings is 1. The van der Waals surface area contributed by atoms with Crippen LogP contribution in [-0.2, 0) is 19.6 Å². The van der Waals surface area contributed by atoms with Gasteiger partial charge in [0.1, 0.15) is 5.54 Å². The summed E-state index contributed by atoms with van der Waals surface area (Å²) in [5.74, 6) is -1.71. The number of piperidine rings is 1. The molecule has 27 heavy (non-hydrogen) atoms. The van der Waals surface area contributed by atoms with Crippen molar-refractivity contribution < 1.29 is 23.1 Å². The van der Waals surface area contributed by atoms with Gasteiger partial charge in [-0.05, 0) is 52.2 Å². The minimum absolute atomic E-state index is 0.243. The Balaban J connectivity index is 2.10. The largest absolute Gasteiger partial charge is 0.480 e. The molecule has 1 saturated heterocycles. The number of amides is 1. The van der Waals surface area contributed by atoms with Gasteiger partial charge in [-0.1, -0.05) is 17.7 Å². The zero-order valence-electron chi connectivity index (χ0n) is 16.5. The first-order valence-electron chi connectivity index (χ1n) is 8.97. The fraction of sp³-hybridized carbons (Fsp3) is 0.579. The summed E-state index contributed by atoms with van der Waals surface area (Å²) in [5, 5.41) is 9.30. The molecule has 1 heterocycles. The molecule has 1 aromatic carbocycles. The minimum Gasteiger partial charge on any atom is -0.480 e. The van der Waals surface area contributed by atoms with Crippen LogP contribution in [0.4, 0.5) is 0 Å². The van der Waals surface area contributed by atoms with Gasteiger partial charge >= 0.3 is 5.97 Å². The molecule has 0 atom stereocenters. The molecule has 0 spiro atoms. The minimum atomic E-state index is -3.61. The Morgan fingerprint density at radius 2 is 1.74 bits per heavy atom. The number of nitrogens with zero attached hydrogens (tertiary/aromatic N) is 2. The van der Waals surface area contributed by atoms with Crippen molar-refractivity contribution in [3.8, 4) is 0 Å². The number of sulfonamides is 1. The number of carboxylic acid groups (broad SMARTS) is 1. The van der Waals surface area contributed by atoms with Crippen LogP contribution in [0.3, 0.4) is 0 Å². The monoisotopic (exact) mass is 396 g/mol. The molecular weight excluding hydrogens is 368 g/mol. The lowest BCUT2D eigenvalue weighted by Gasteiger charge is -2.37. The third-order valence-corrected chi connectivity index (χ3v) is 7.50. The van der Waals surface area contributed by atoms with Gasteiger partial charge in [0.25, 0.3) is 0 Å². The van der Waals surface area contributed by atoms with Crippen LogP contribution in [0.1, 0.15) is 37.8 Å². The summed E-state index contributed by atoms with van der Waals surface area (Å²) in [7, 11) is -2.12. The predicted octanol–water partition coefficient (Wildman–Crippen LogP) is 2.03. The lowest BCUT2D eigenvalue weighted by Crippen LogP contribution is -2.54. The van der Waals surface area contributed by atoms with E-state index in [1.165, 1.54) is 30.1 Å². The molecule has 1 fully saturated rings. The molecule has 1 amide bonds. The third kappa shape index (κ3) is 4.16. The highest BCUT2D eigenvalue weighted by Crippen LogP contribution is 2.28. The quantitative estimate of drug-likeness (QED) is 0.822. The van der Waals surface area contributed by atoms with Gasteiger partial charge < -0.3 is 10.0 Å². The second kappa shape index (κ2) is 7.59. The molecule has 0 aliphatic carbocycles. The second-order valence-corrected chi connectivity index (χ2v) is 9.62. The Morgan fingerprint density at radius 1 is 1.19 bits per heavy atom. The Morgan fingerprint density at radius 3 is 2.22 bits per heavy atom. The van der Waals surface area contributed by atoms with Gasteiger partial charge in [0, 0.05) is 26.1 Å². The normalized spacial score (nSPS) is 16.9. The Labute approximate surface area is 161 Å². The Kier molecular flexibility index (Phi) is 6.01. The van der Waals surface area contributed by atoms with E-state index in [1.54, 1.807) is 19.1 Å². The molecule has 0 radical (unpaired) electrons. The van der Waals surface area contributed by atoms with Gasteiger partial charge in [-0.2, -0.15) is 4.31 Å².